The van der Waals surface area contributed by atoms with E-state index in [1.165, 1.54) is 6.07 Å². The normalized spacial score (nSPS) is 15.4. The van der Waals surface area contributed by atoms with Gasteiger partial charge in [-0.05, 0) is 23.6 Å². The van der Waals surface area contributed by atoms with Crippen LogP contribution in [0, 0.1) is 11.6 Å². The first-order valence-electron chi connectivity index (χ1n) is 9.09. The van der Waals surface area contributed by atoms with Crippen LogP contribution in [-0.2, 0) is 13.6 Å². The van der Waals surface area contributed by atoms with Crippen molar-refractivity contribution in [2.45, 2.75) is 26.3 Å². The number of carbonyl (C=O) groups excluding carboxylic acids is 1. The first kappa shape index (κ1) is 19.3. The Labute approximate surface area is 157 Å². The summed E-state index contributed by atoms with van der Waals surface area (Å²) in [4.78, 5) is 16.4. The highest BCUT2D eigenvalue weighted by molar-refractivity contribution is 5.88. The van der Waals surface area contributed by atoms with Crippen molar-refractivity contribution in [1.29, 1.82) is 0 Å². The smallest absolute Gasteiger partial charge is 0.322 e. The molecular weight excluding hydrogens is 352 g/mol. The van der Waals surface area contributed by atoms with Crippen LogP contribution in [0.15, 0.2) is 24.3 Å². The summed E-state index contributed by atoms with van der Waals surface area (Å²) in [5.41, 5.74) is 1.66. The fourth-order valence-corrected chi connectivity index (χ4v) is 3.08. The second kappa shape index (κ2) is 8.04. The molecule has 1 N–H and O–H groups in total. The van der Waals surface area contributed by atoms with E-state index in [9.17, 15) is 13.6 Å². The van der Waals surface area contributed by atoms with E-state index >= 15 is 0 Å². The van der Waals surface area contributed by atoms with Gasteiger partial charge in [-0.1, -0.05) is 19.9 Å². The Morgan fingerprint density at radius 1 is 1.15 bits per heavy atom. The standard InChI is InChI=1S/C19H25F2N5O/c1-13(2)17-11-18(24(3)23-17)22-19(27)26-8-6-25(7-9-26)12-14-4-5-15(20)16(21)10-14/h4-5,10-11,13H,6-9,12H2,1-3H3,(H,22,27). The number of hydrogen-bond acceptors (Lipinski definition) is 3. The maximum absolute atomic E-state index is 13.3. The molecule has 0 saturated carbocycles. The predicted octanol–water partition coefficient (Wildman–Crippen LogP) is 3.17. The summed E-state index contributed by atoms with van der Waals surface area (Å²) >= 11 is 0. The number of aryl methyl sites for hydroxylation is 1. The molecule has 1 aliphatic heterocycles. The lowest BCUT2D eigenvalue weighted by atomic mass is 10.1. The number of nitrogens with one attached hydrogen (secondary N) is 1. The first-order chi connectivity index (χ1) is 12.8. The molecule has 3 rings (SSSR count). The molecule has 0 radical (unpaired) electrons. The molecule has 6 nitrogen and oxygen atoms in total. The summed E-state index contributed by atoms with van der Waals surface area (Å²) in [6, 6.07) is 5.70. The molecule has 0 spiro atoms. The number of amides is 2. The molecule has 1 aliphatic rings. The molecule has 27 heavy (non-hydrogen) atoms. The second-order valence-corrected chi connectivity index (χ2v) is 7.17. The minimum Gasteiger partial charge on any atom is -0.322 e. The number of urea groups is 1. The quantitative estimate of drug-likeness (QED) is 0.891. The molecule has 1 aromatic heterocycles. The number of halogens is 2. The Morgan fingerprint density at radius 3 is 2.44 bits per heavy atom. The predicted molar refractivity (Wildman–Crippen MR) is 99.5 cm³/mol. The average molecular weight is 377 g/mol. The maximum atomic E-state index is 13.3. The van der Waals surface area contributed by atoms with E-state index in [-0.39, 0.29) is 6.03 Å². The molecule has 1 fully saturated rings. The van der Waals surface area contributed by atoms with Crippen LogP contribution in [0.1, 0.15) is 31.0 Å². The van der Waals surface area contributed by atoms with Crippen LogP contribution in [0.25, 0.3) is 0 Å². The number of aromatic nitrogens is 2. The molecule has 8 heteroatoms. The SMILES string of the molecule is CC(C)c1cc(NC(=O)N2CCN(Cc3ccc(F)c(F)c3)CC2)n(C)n1. The Bertz CT molecular complexity index is 812. The molecule has 0 atom stereocenters. The number of hydrogen-bond donors (Lipinski definition) is 1. The van der Waals surface area contributed by atoms with Crippen molar-refractivity contribution < 1.29 is 13.6 Å². The van der Waals surface area contributed by atoms with Crippen LogP contribution in [0.4, 0.5) is 19.4 Å². The molecule has 2 aromatic rings. The van der Waals surface area contributed by atoms with Gasteiger partial charge in [-0.3, -0.25) is 14.9 Å². The zero-order valence-corrected chi connectivity index (χ0v) is 15.9. The van der Waals surface area contributed by atoms with Crippen LogP contribution < -0.4 is 5.32 Å². The Hall–Kier alpha value is -2.48. The summed E-state index contributed by atoms with van der Waals surface area (Å²) in [6.07, 6.45) is 0. The van der Waals surface area contributed by atoms with Gasteiger partial charge in [0.05, 0.1) is 5.69 Å². The molecule has 0 bridgehead atoms. The third-order valence-electron chi connectivity index (χ3n) is 4.77. The summed E-state index contributed by atoms with van der Waals surface area (Å²) in [5, 5.41) is 7.31. The van der Waals surface area contributed by atoms with Crippen molar-refractivity contribution in [2.75, 3.05) is 31.5 Å². The van der Waals surface area contributed by atoms with Gasteiger partial charge in [0, 0.05) is 45.8 Å². The third-order valence-corrected chi connectivity index (χ3v) is 4.77. The molecule has 1 aromatic carbocycles. The lowest BCUT2D eigenvalue weighted by molar-refractivity contribution is 0.142. The van der Waals surface area contributed by atoms with Crippen LogP contribution in [0.3, 0.4) is 0 Å². The van der Waals surface area contributed by atoms with E-state index in [1.807, 2.05) is 6.07 Å². The van der Waals surface area contributed by atoms with E-state index in [0.29, 0.717) is 44.5 Å². The van der Waals surface area contributed by atoms with Gasteiger partial charge in [0.25, 0.3) is 0 Å². The van der Waals surface area contributed by atoms with Crippen LogP contribution in [0.2, 0.25) is 0 Å². The molecule has 2 amide bonds. The molecule has 2 heterocycles. The van der Waals surface area contributed by atoms with Crippen molar-refractivity contribution in [1.82, 2.24) is 19.6 Å². The van der Waals surface area contributed by atoms with Crippen molar-refractivity contribution in [3.63, 3.8) is 0 Å². The van der Waals surface area contributed by atoms with Crippen molar-refractivity contribution in [3.8, 4) is 0 Å². The fraction of sp³-hybridized carbons (Fsp3) is 0.474. The van der Waals surface area contributed by atoms with Gasteiger partial charge in [-0.2, -0.15) is 5.10 Å². The van der Waals surface area contributed by atoms with E-state index in [2.05, 4.69) is 29.2 Å². The minimum atomic E-state index is -0.837. The minimum absolute atomic E-state index is 0.152. The fourth-order valence-electron chi connectivity index (χ4n) is 3.08. The monoisotopic (exact) mass is 377 g/mol. The van der Waals surface area contributed by atoms with Crippen LogP contribution in [-0.4, -0.2) is 51.8 Å². The molecule has 0 aliphatic carbocycles. The van der Waals surface area contributed by atoms with E-state index in [1.54, 1.807) is 22.7 Å². The van der Waals surface area contributed by atoms with E-state index in [0.717, 1.165) is 17.3 Å². The number of anilines is 1. The Morgan fingerprint density at radius 2 is 1.85 bits per heavy atom. The summed E-state index contributed by atoms with van der Waals surface area (Å²) in [6.45, 7) is 7.14. The van der Waals surface area contributed by atoms with E-state index in [4.69, 9.17) is 0 Å². The summed E-state index contributed by atoms with van der Waals surface area (Å²) < 4.78 is 28.0. The van der Waals surface area contributed by atoms with Gasteiger partial charge < -0.3 is 4.90 Å². The Kier molecular flexibility index (Phi) is 5.74. The first-order valence-corrected chi connectivity index (χ1v) is 9.09. The Balaban J connectivity index is 1.52. The molecular formula is C19H25F2N5O. The highest BCUT2D eigenvalue weighted by Gasteiger charge is 2.22. The van der Waals surface area contributed by atoms with Crippen molar-refractivity contribution in [2.24, 2.45) is 7.05 Å². The van der Waals surface area contributed by atoms with Crippen LogP contribution >= 0.6 is 0 Å². The number of nitrogens with zero attached hydrogens (tertiary/aromatic N) is 4. The number of carbonyl (C=O) groups is 1. The van der Waals surface area contributed by atoms with Crippen LogP contribution in [0.5, 0.6) is 0 Å². The number of benzene rings is 1. The maximum Gasteiger partial charge on any atom is 0.323 e. The lowest BCUT2D eigenvalue weighted by Gasteiger charge is -2.34. The summed E-state index contributed by atoms with van der Waals surface area (Å²) in [7, 11) is 1.81. The zero-order chi connectivity index (χ0) is 19.6. The second-order valence-electron chi connectivity index (χ2n) is 7.17. The van der Waals surface area contributed by atoms with Crippen molar-refractivity contribution in [3.05, 3.63) is 47.2 Å². The highest BCUT2D eigenvalue weighted by Crippen LogP contribution is 2.18. The number of piperazine rings is 1. The largest absolute Gasteiger partial charge is 0.323 e. The topological polar surface area (TPSA) is 53.4 Å². The third kappa shape index (κ3) is 4.63. The summed E-state index contributed by atoms with van der Waals surface area (Å²) in [5.74, 6) is -0.701. The van der Waals surface area contributed by atoms with Gasteiger partial charge in [0.2, 0.25) is 0 Å². The number of rotatable bonds is 4. The average Bonchev–Trinajstić information content (AvgIpc) is 3.00. The molecule has 146 valence electrons. The van der Waals surface area contributed by atoms with Gasteiger partial charge >= 0.3 is 6.03 Å². The molecule has 1 saturated heterocycles. The van der Waals surface area contributed by atoms with E-state index < -0.39 is 11.6 Å². The van der Waals surface area contributed by atoms with Crippen molar-refractivity contribution >= 4 is 11.8 Å². The van der Waals surface area contributed by atoms with Gasteiger partial charge in [0.15, 0.2) is 11.6 Å². The molecule has 0 unspecified atom stereocenters. The van der Waals surface area contributed by atoms with Gasteiger partial charge in [0.1, 0.15) is 5.82 Å². The van der Waals surface area contributed by atoms with Gasteiger partial charge in [-0.25, -0.2) is 13.6 Å². The lowest BCUT2D eigenvalue weighted by Crippen LogP contribution is -2.49. The highest BCUT2D eigenvalue weighted by atomic mass is 19.2. The van der Waals surface area contributed by atoms with Gasteiger partial charge in [-0.15, -0.1) is 0 Å². The zero-order valence-electron chi connectivity index (χ0n) is 15.9.